The van der Waals surface area contributed by atoms with Crippen molar-refractivity contribution < 1.29 is 9.31 Å². The van der Waals surface area contributed by atoms with E-state index in [2.05, 4.69) is 82.2 Å². The first-order valence-corrected chi connectivity index (χ1v) is 12.2. The van der Waals surface area contributed by atoms with Gasteiger partial charge < -0.3 is 13.9 Å². The highest BCUT2D eigenvalue weighted by molar-refractivity contribution is 7.98. The largest absolute Gasteiger partial charge is 0.494 e. The Labute approximate surface area is 186 Å². The molecule has 4 rings (SSSR count). The van der Waals surface area contributed by atoms with Crippen molar-refractivity contribution in [1.29, 1.82) is 0 Å². The lowest BCUT2D eigenvalue weighted by atomic mass is 9.78. The standard InChI is InChI=1S/C24H37BN2O2S/c1-22(2,3)16-27-15-17(12-13-26-30-19-9-10-19)20-11-8-18(14-21(20)27)25-28-23(4,5)24(6,7)29-25/h8,11,14-15,19,26H,9-10,12-13,16H2,1-7H3. The molecule has 0 bridgehead atoms. The molecule has 0 amide bonds. The summed E-state index contributed by atoms with van der Waals surface area (Å²) >= 11 is 1.91. The monoisotopic (exact) mass is 428 g/mol. The van der Waals surface area contributed by atoms with E-state index in [9.17, 15) is 0 Å². The molecule has 1 saturated carbocycles. The molecule has 1 saturated heterocycles. The summed E-state index contributed by atoms with van der Waals surface area (Å²) in [7, 11) is -0.322. The highest BCUT2D eigenvalue weighted by atomic mass is 32.2. The number of benzene rings is 1. The first kappa shape index (κ1) is 22.3. The van der Waals surface area contributed by atoms with Crippen LogP contribution in [0.2, 0.25) is 0 Å². The highest BCUT2D eigenvalue weighted by Crippen LogP contribution is 2.37. The summed E-state index contributed by atoms with van der Waals surface area (Å²) in [6.45, 7) is 17.3. The number of rotatable bonds is 7. The van der Waals surface area contributed by atoms with Crippen LogP contribution in [0.25, 0.3) is 10.9 Å². The summed E-state index contributed by atoms with van der Waals surface area (Å²) in [4.78, 5) is 0. The molecule has 1 aliphatic heterocycles. The SMILES string of the molecule is CC(C)(C)Cn1cc(CCNSC2CC2)c2ccc(B3OC(C)(C)C(C)(C)O3)cc21. The van der Waals surface area contributed by atoms with E-state index < -0.39 is 0 Å². The lowest BCUT2D eigenvalue weighted by molar-refractivity contribution is 0.00578. The van der Waals surface area contributed by atoms with Gasteiger partial charge in [-0.15, -0.1) is 0 Å². The average molecular weight is 428 g/mol. The van der Waals surface area contributed by atoms with Gasteiger partial charge in [0.2, 0.25) is 0 Å². The van der Waals surface area contributed by atoms with Crippen LogP contribution in [-0.4, -0.2) is 34.7 Å². The fourth-order valence-corrected chi connectivity index (χ4v) is 4.73. The summed E-state index contributed by atoms with van der Waals surface area (Å²) in [5.74, 6) is 0. The van der Waals surface area contributed by atoms with Crippen molar-refractivity contribution in [2.45, 2.75) is 90.7 Å². The Balaban J connectivity index is 1.61. The maximum Gasteiger partial charge on any atom is 0.494 e. The second kappa shape index (κ2) is 7.88. The average Bonchev–Trinajstić information content (AvgIpc) is 3.35. The van der Waals surface area contributed by atoms with Crippen LogP contribution in [0.1, 0.15) is 66.9 Å². The van der Waals surface area contributed by atoms with E-state index in [4.69, 9.17) is 9.31 Å². The van der Waals surface area contributed by atoms with Gasteiger partial charge in [-0.2, -0.15) is 0 Å². The first-order valence-electron chi connectivity index (χ1n) is 11.3. The van der Waals surface area contributed by atoms with Crippen molar-refractivity contribution >= 4 is 35.4 Å². The van der Waals surface area contributed by atoms with Gasteiger partial charge in [0.1, 0.15) is 0 Å². The molecule has 0 radical (unpaired) electrons. The normalized spacial score (nSPS) is 21.0. The third-order valence-corrected chi connectivity index (χ3v) is 7.61. The zero-order chi connectivity index (χ0) is 21.7. The van der Waals surface area contributed by atoms with Gasteiger partial charge in [0.25, 0.3) is 0 Å². The summed E-state index contributed by atoms with van der Waals surface area (Å²) in [5, 5.41) is 2.19. The Morgan fingerprint density at radius 3 is 2.40 bits per heavy atom. The van der Waals surface area contributed by atoms with Crippen molar-refractivity contribution in [3.8, 4) is 0 Å². The van der Waals surface area contributed by atoms with Gasteiger partial charge in [0.15, 0.2) is 0 Å². The zero-order valence-corrected chi connectivity index (χ0v) is 20.5. The van der Waals surface area contributed by atoms with Gasteiger partial charge in [-0.05, 0) is 69.5 Å². The maximum absolute atomic E-state index is 6.31. The smallest absolute Gasteiger partial charge is 0.399 e. The fourth-order valence-electron chi connectivity index (χ4n) is 3.90. The lowest BCUT2D eigenvalue weighted by Crippen LogP contribution is -2.41. The molecule has 1 aromatic carbocycles. The van der Waals surface area contributed by atoms with Crippen LogP contribution in [0.3, 0.4) is 0 Å². The molecule has 2 fully saturated rings. The van der Waals surface area contributed by atoms with E-state index in [-0.39, 0.29) is 23.7 Å². The van der Waals surface area contributed by atoms with Crippen LogP contribution in [0.4, 0.5) is 0 Å². The summed E-state index contributed by atoms with van der Waals surface area (Å²) in [5.41, 5.74) is 3.36. The Morgan fingerprint density at radius 2 is 1.80 bits per heavy atom. The fraction of sp³-hybridized carbons (Fsp3) is 0.667. The molecule has 1 N–H and O–H groups in total. The van der Waals surface area contributed by atoms with Crippen LogP contribution in [0.15, 0.2) is 24.4 Å². The summed E-state index contributed by atoms with van der Waals surface area (Å²) < 4.78 is 18.6. The molecule has 1 aliphatic carbocycles. The molecule has 2 aliphatic rings. The molecule has 164 valence electrons. The number of hydrogen-bond acceptors (Lipinski definition) is 4. The molecular formula is C24H37BN2O2S. The summed E-state index contributed by atoms with van der Waals surface area (Å²) in [6, 6.07) is 6.72. The van der Waals surface area contributed by atoms with Crippen molar-refractivity contribution in [1.82, 2.24) is 9.29 Å². The van der Waals surface area contributed by atoms with Crippen LogP contribution >= 0.6 is 11.9 Å². The second-order valence-electron chi connectivity index (χ2n) is 11.2. The van der Waals surface area contributed by atoms with E-state index in [1.54, 1.807) is 0 Å². The number of hydrogen-bond donors (Lipinski definition) is 1. The van der Waals surface area contributed by atoms with E-state index in [0.717, 1.165) is 30.2 Å². The summed E-state index contributed by atoms with van der Waals surface area (Å²) in [6.07, 6.45) is 6.13. The van der Waals surface area contributed by atoms with E-state index in [0.29, 0.717) is 0 Å². The predicted octanol–water partition coefficient (Wildman–Crippen LogP) is 4.93. The second-order valence-corrected chi connectivity index (χ2v) is 12.4. The quantitative estimate of drug-likeness (QED) is 0.385. The van der Waals surface area contributed by atoms with Gasteiger partial charge in [0, 0.05) is 35.4 Å². The Bertz CT molecular complexity index is 896. The van der Waals surface area contributed by atoms with E-state index in [1.165, 1.54) is 29.3 Å². The maximum atomic E-state index is 6.31. The molecular weight excluding hydrogens is 391 g/mol. The lowest BCUT2D eigenvalue weighted by Gasteiger charge is -2.32. The molecule has 0 spiro atoms. The number of nitrogens with zero attached hydrogens (tertiary/aromatic N) is 1. The minimum atomic E-state index is -0.323. The Kier molecular flexibility index (Phi) is 5.84. The molecule has 4 nitrogen and oxygen atoms in total. The molecule has 0 atom stereocenters. The van der Waals surface area contributed by atoms with Gasteiger partial charge in [-0.25, -0.2) is 0 Å². The Morgan fingerprint density at radius 1 is 1.13 bits per heavy atom. The molecule has 30 heavy (non-hydrogen) atoms. The van der Waals surface area contributed by atoms with Gasteiger partial charge >= 0.3 is 7.12 Å². The number of nitrogens with one attached hydrogen (secondary N) is 1. The molecule has 2 aromatic rings. The molecule has 1 aromatic heterocycles. The van der Waals surface area contributed by atoms with Crippen molar-refractivity contribution in [3.05, 3.63) is 30.0 Å². The topological polar surface area (TPSA) is 35.4 Å². The minimum absolute atomic E-state index is 0.212. The van der Waals surface area contributed by atoms with Crippen molar-refractivity contribution in [2.24, 2.45) is 5.41 Å². The van der Waals surface area contributed by atoms with E-state index in [1.807, 2.05) is 11.9 Å². The number of fused-ring (bicyclic) bond motifs is 1. The predicted molar refractivity (Wildman–Crippen MR) is 129 cm³/mol. The molecule has 6 heteroatoms. The third-order valence-electron chi connectivity index (χ3n) is 6.43. The molecule has 2 heterocycles. The first-order chi connectivity index (χ1) is 14.0. The minimum Gasteiger partial charge on any atom is -0.399 e. The Hall–Kier alpha value is -0.945. The van der Waals surface area contributed by atoms with Crippen LogP contribution in [-0.2, 0) is 22.3 Å². The van der Waals surface area contributed by atoms with Crippen molar-refractivity contribution in [3.63, 3.8) is 0 Å². The van der Waals surface area contributed by atoms with Gasteiger partial charge in [0.05, 0.1) is 11.2 Å². The zero-order valence-electron chi connectivity index (χ0n) is 19.7. The molecule has 0 unspecified atom stereocenters. The van der Waals surface area contributed by atoms with Gasteiger partial charge in [-0.3, -0.25) is 4.72 Å². The van der Waals surface area contributed by atoms with Gasteiger partial charge in [-0.1, -0.05) is 44.9 Å². The number of aromatic nitrogens is 1. The van der Waals surface area contributed by atoms with Crippen LogP contribution < -0.4 is 10.2 Å². The van der Waals surface area contributed by atoms with Crippen LogP contribution in [0, 0.1) is 5.41 Å². The van der Waals surface area contributed by atoms with Crippen LogP contribution in [0.5, 0.6) is 0 Å². The third kappa shape index (κ3) is 4.77. The van der Waals surface area contributed by atoms with Crippen molar-refractivity contribution in [2.75, 3.05) is 6.54 Å². The van der Waals surface area contributed by atoms with E-state index >= 15 is 0 Å². The highest BCUT2D eigenvalue weighted by Gasteiger charge is 2.51.